The molecular formula is C26H23FN2O5. The molecule has 34 heavy (non-hydrogen) atoms. The van der Waals surface area contributed by atoms with Gasteiger partial charge in [-0.25, -0.2) is 14.0 Å². The van der Waals surface area contributed by atoms with E-state index in [4.69, 9.17) is 9.84 Å². The van der Waals surface area contributed by atoms with Crippen molar-refractivity contribution < 1.29 is 28.6 Å². The molecule has 3 N–H and O–H groups in total. The Kier molecular flexibility index (Phi) is 6.58. The predicted octanol–water partition coefficient (Wildman–Crippen LogP) is 4.78. The summed E-state index contributed by atoms with van der Waals surface area (Å²) in [5.74, 6) is -3.23. The maximum atomic E-state index is 14.9. The maximum Gasteiger partial charge on any atom is 0.411 e. The van der Waals surface area contributed by atoms with Crippen LogP contribution in [-0.4, -0.2) is 35.7 Å². The van der Waals surface area contributed by atoms with Gasteiger partial charge in [-0.2, -0.15) is 0 Å². The summed E-state index contributed by atoms with van der Waals surface area (Å²) < 4.78 is 20.3. The Morgan fingerprint density at radius 2 is 1.59 bits per heavy atom. The van der Waals surface area contributed by atoms with Crippen molar-refractivity contribution in [2.24, 2.45) is 0 Å². The van der Waals surface area contributed by atoms with Gasteiger partial charge >= 0.3 is 12.1 Å². The molecule has 2 amide bonds. The molecule has 4 rings (SSSR count). The van der Waals surface area contributed by atoms with Crippen LogP contribution in [-0.2, 0) is 9.53 Å². The molecule has 3 aromatic carbocycles. The molecule has 0 saturated carbocycles. The van der Waals surface area contributed by atoms with Gasteiger partial charge < -0.3 is 15.2 Å². The van der Waals surface area contributed by atoms with E-state index in [1.807, 2.05) is 48.5 Å². The summed E-state index contributed by atoms with van der Waals surface area (Å²) in [6.07, 6.45) is -0.726. The van der Waals surface area contributed by atoms with Crippen LogP contribution < -0.4 is 10.6 Å². The first-order chi connectivity index (χ1) is 16.4. The number of ether oxygens (including phenoxy) is 1. The Morgan fingerprint density at radius 1 is 0.971 bits per heavy atom. The highest BCUT2D eigenvalue weighted by Gasteiger charge is 2.29. The lowest BCUT2D eigenvalue weighted by Crippen LogP contribution is -2.40. The average Bonchev–Trinajstić information content (AvgIpc) is 3.16. The lowest BCUT2D eigenvalue weighted by molar-refractivity contribution is -0.139. The van der Waals surface area contributed by atoms with Crippen LogP contribution in [0.4, 0.5) is 14.9 Å². The molecule has 0 spiro atoms. The van der Waals surface area contributed by atoms with Crippen molar-refractivity contribution in [3.63, 3.8) is 0 Å². The van der Waals surface area contributed by atoms with E-state index in [0.29, 0.717) is 0 Å². The summed E-state index contributed by atoms with van der Waals surface area (Å²) in [6.45, 7) is 1.64. The molecule has 7 nitrogen and oxygen atoms in total. The Hall–Kier alpha value is -4.20. The maximum absolute atomic E-state index is 14.9. The Balaban J connectivity index is 1.45. The van der Waals surface area contributed by atoms with E-state index in [9.17, 15) is 18.8 Å². The summed E-state index contributed by atoms with van der Waals surface area (Å²) in [7, 11) is 0. The van der Waals surface area contributed by atoms with Crippen molar-refractivity contribution in [3.8, 4) is 11.1 Å². The third-order valence-corrected chi connectivity index (χ3v) is 5.84. The van der Waals surface area contributed by atoms with Crippen molar-refractivity contribution in [1.29, 1.82) is 0 Å². The zero-order valence-corrected chi connectivity index (χ0v) is 18.4. The van der Waals surface area contributed by atoms with Crippen LogP contribution in [0.1, 0.15) is 40.7 Å². The van der Waals surface area contributed by atoms with Gasteiger partial charge in [-0.05, 0) is 40.8 Å². The summed E-state index contributed by atoms with van der Waals surface area (Å²) in [4.78, 5) is 36.0. The number of rotatable bonds is 7. The quantitative estimate of drug-likeness (QED) is 0.469. The highest BCUT2D eigenvalue weighted by molar-refractivity contribution is 5.98. The minimum Gasteiger partial charge on any atom is -0.480 e. The van der Waals surface area contributed by atoms with E-state index in [1.54, 1.807) is 6.92 Å². The molecule has 3 aromatic rings. The average molecular weight is 462 g/mol. The van der Waals surface area contributed by atoms with Crippen LogP contribution in [0.5, 0.6) is 0 Å². The van der Waals surface area contributed by atoms with Crippen molar-refractivity contribution in [2.45, 2.75) is 25.3 Å². The Labute approximate surface area is 195 Å². The lowest BCUT2D eigenvalue weighted by atomic mass is 9.98. The fourth-order valence-corrected chi connectivity index (χ4v) is 4.12. The predicted molar refractivity (Wildman–Crippen MR) is 124 cm³/mol. The van der Waals surface area contributed by atoms with Gasteiger partial charge in [0, 0.05) is 5.92 Å². The number of hydrogen-bond acceptors (Lipinski definition) is 4. The molecule has 8 heteroatoms. The number of fused-ring (bicyclic) bond motifs is 3. The van der Waals surface area contributed by atoms with Crippen LogP contribution in [0.2, 0.25) is 0 Å². The minimum absolute atomic E-state index is 0.0540. The third kappa shape index (κ3) is 4.47. The second kappa shape index (κ2) is 9.74. The summed E-state index contributed by atoms with van der Waals surface area (Å²) in [6, 6.07) is 18.5. The van der Waals surface area contributed by atoms with Crippen molar-refractivity contribution in [2.75, 3.05) is 11.9 Å². The Morgan fingerprint density at radius 3 is 2.18 bits per heavy atom. The van der Waals surface area contributed by atoms with Gasteiger partial charge in [0.1, 0.15) is 12.6 Å². The smallest absolute Gasteiger partial charge is 0.411 e. The SMILES string of the molecule is CC[C@@H](NC(=O)c1cccc(NC(=O)OCC2c3ccccc3-c3ccccc32)c1F)C(=O)O. The van der Waals surface area contributed by atoms with E-state index < -0.39 is 29.8 Å². The number of nitrogens with one attached hydrogen (secondary N) is 2. The van der Waals surface area contributed by atoms with Crippen molar-refractivity contribution >= 4 is 23.7 Å². The number of carboxylic acids is 1. The van der Waals surface area contributed by atoms with Gasteiger partial charge in [-0.3, -0.25) is 10.1 Å². The highest BCUT2D eigenvalue weighted by Crippen LogP contribution is 2.44. The number of benzene rings is 3. The third-order valence-electron chi connectivity index (χ3n) is 5.84. The van der Waals surface area contributed by atoms with Crippen molar-refractivity contribution in [3.05, 3.63) is 89.2 Å². The molecule has 174 valence electrons. The van der Waals surface area contributed by atoms with Gasteiger partial charge in [0.05, 0.1) is 11.3 Å². The molecule has 0 heterocycles. The van der Waals surface area contributed by atoms with Crippen LogP contribution in [0.3, 0.4) is 0 Å². The number of amides is 2. The van der Waals surface area contributed by atoms with Gasteiger partial charge in [0.25, 0.3) is 5.91 Å². The molecule has 0 bridgehead atoms. The molecule has 1 aliphatic carbocycles. The van der Waals surface area contributed by atoms with E-state index in [-0.39, 0.29) is 30.2 Å². The number of carbonyl (C=O) groups is 3. The van der Waals surface area contributed by atoms with E-state index in [0.717, 1.165) is 22.3 Å². The lowest BCUT2D eigenvalue weighted by Gasteiger charge is -2.16. The zero-order chi connectivity index (χ0) is 24.2. The second-order valence-electron chi connectivity index (χ2n) is 7.89. The van der Waals surface area contributed by atoms with E-state index in [1.165, 1.54) is 18.2 Å². The first-order valence-electron chi connectivity index (χ1n) is 10.8. The van der Waals surface area contributed by atoms with E-state index >= 15 is 0 Å². The molecular weight excluding hydrogens is 439 g/mol. The van der Waals surface area contributed by atoms with Crippen LogP contribution >= 0.6 is 0 Å². The number of anilines is 1. The van der Waals surface area contributed by atoms with Crippen molar-refractivity contribution in [1.82, 2.24) is 5.32 Å². The fraction of sp³-hybridized carbons (Fsp3) is 0.192. The van der Waals surface area contributed by atoms with Gasteiger partial charge in [-0.1, -0.05) is 61.5 Å². The number of aliphatic carboxylic acids is 1. The van der Waals surface area contributed by atoms with Crippen LogP contribution in [0, 0.1) is 5.82 Å². The summed E-state index contributed by atoms with van der Waals surface area (Å²) >= 11 is 0. The number of halogens is 1. The molecule has 0 fully saturated rings. The molecule has 1 atom stereocenters. The summed E-state index contributed by atoms with van der Waals surface area (Å²) in [5.41, 5.74) is 3.65. The summed E-state index contributed by atoms with van der Waals surface area (Å²) in [5, 5.41) is 13.7. The first-order valence-corrected chi connectivity index (χ1v) is 10.8. The first kappa shape index (κ1) is 23.0. The molecule has 0 aromatic heterocycles. The second-order valence-corrected chi connectivity index (χ2v) is 7.89. The minimum atomic E-state index is -1.22. The Bertz CT molecular complexity index is 1210. The standard InChI is InChI=1S/C26H23FN2O5/c1-2-21(25(31)32)28-24(30)19-12-7-13-22(23(19)27)29-26(33)34-14-20-17-10-5-3-8-15(17)16-9-4-6-11-18(16)20/h3-13,20-21H,2,14H2,1H3,(H,28,30)(H,29,33)(H,31,32)/t21-/m1/s1. The topological polar surface area (TPSA) is 105 Å². The monoisotopic (exact) mass is 462 g/mol. The number of carboxylic acid groups (broad SMARTS) is 1. The van der Waals surface area contributed by atoms with Gasteiger partial charge in [-0.15, -0.1) is 0 Å². The van der Waals surface area contributed by atoms with Gasteiger partial charge in [0.15, 0.2) is 5.82 Å². The van der Waals surface area contributed by atoms with Crippen LogP contribution in [0.15, 0.2) is 66.7 Å². The van der Waals surface area contributed by atoms with Crippen LogP contribution in [0.25, 0.3) is 11.1 Å². The number of hydrogen-bond donors (Lipinski definition) is 3. The fourth-order valence-electron chi connectivity index (χ4n) is 4.12. The zero-order valence-electron chi connectivity index (χ0n) is 18.4. The number of carbonyl (C=O) groups excluding carboxylic acids is 2. The normalized spacial score (nSPS) is 12.9. The largest absolute Gasteiger partial charge is 0.480 e. The molecule has 0 radical (unpaired) electrons. The van der Waals surface area contributed by atoms with Gasteiger partial charge in [0.2, 0.25) is 0 Å². The highest BCUT2D eigenvalue weighted by atomic mass is 19.1. The molecule has 0 aliphatic heterocycles. The molecule has 0 unspecified atom stereocenters. The molecule has 0 saturated heterocycles. The van der Waals surface area contributed by atoms with E-state index in [2.05, 4.69) is 10.6 Å². The molecule has 1 aliphatic rings.